The van der Waals surface area contributed by atoms with Gasteiger partial charge in [-0.3, -0.25) is 0 Å². The van der Waals surface area contributed by atoms with Gasteiger partial charge < -0.3 is 24.5 Å². The van der Waals surface area contributed by atoms with Gasteiger partial charge in [0.2, 0.25) is 0 Å². The first-order chi connectivity index (χ1) is 4.83. The van der Waals surface area contributed by atoms with Gasteiger partial charge in [0.1, 0.15) is 0 Å². The van der Waals surface area contributed by atoms with Crippen LogP contribution in [0.5, 0.6) is 0 Å². The van der Waals surface area contributed by atoms with E-state index in [4.69, 9.17) is 19.8 Å². The summed E-state index contributed by atoms with van der Waals surface area (Å²) >= 11 is 0. The molecule has 0 saturated carbocycles. The highest BCUT2D eigenvalue weighted by atomic mass is 28.3. The fourth-order valence-electron chi connectivity index (χ4n) is 0.773. The Kier molecular flexibility index (Phi) is 4.15. The summed E-state index contributed by atoms with van der Waals surface area (Å²) in [5.74, 6) is 0. The molecule has 0 heterocycles. The average Bonchev–Trinajstić information content (AvgIpc) is 1.53. The predicted octanol–water partition coefficient (Wildman–Crippen LogP) is -1.75. The monoisotopic (exact) mass is 182 g/mol. The van der Waals surface area contributed by atoms with Crippen LogP contribution in [0.15, 0.2) is 0 Å². The first-order valence-electron chi connectivity index (χ1n) is 3.23. The fourth-order valence-corrected chi connectivity index (χ4v) is 1.75. The van der Waals surface area contributed by atoms with Crippen LogP contribution in [0.1, 0.15) is 13.8 Å². The van der Waals surface area contributed by atoms with E-state index in [0.717, 1.165) is 0 Å². The second-order valence-electron chi connectivity index (χ2n) is 2.89. The maximum Gasteiger partial charge on any atom is 0.318 e. The molecule has 0 aromatic carbocycles. The van der Waals surface area contributed by atoms with Gasteiger partial charge in [-0.05, 0) is 13.8 Å². The van der Waals surface area contributed by atoms with Crippen LogP contribution in [0.3, 0.4) is 0 Å². The van der Waals surface area contributed by atoms with E-state index in [0.29, 0.717) is 0 Å². The summed E-state index contributed by atoms with van der Waals surface area (Å²) < 4.78 is 4.57. The zero-order valence-corrected chi connectivity index (χ0v) is 7.71. The number of hydrogen-bond acceptors (Lipinski definition) is 5. The van der Waals surface area contributed by atoms with Gasteiger partial charge in [-0.15, -0.1) is 0 Å². The van der Waals surface area contributed by atoms with Crippen LogP contribution < -0.4 is 0 Å². The Hall–Kier alpha value is 0.0169. The molecule has 0 rings (SSSR count). The number of aliphatic hydroxyl groups excluding tert-OH is 1. The van der Waals surface area contributed by atoms with E-state index >= 15 is 0 Å². The maximum atomic E-state index is 8.65. The highest BCUT2D eigenvalue weighted by molar-refractivity contribution is 6.41. The minimum Gasteiger partial charge on any atom is -0.413 e. The molecule has 0 aromatic heterocycles. The summed E-state index contributed by atoms with van der Waals surface area (Å²) in [6, 6.07) is 0.0601. The molecule has 0 aliphatic rings. The highest BCUT2D eigenvalue weighted by Gasteiger charge is 2.25. The number of rotatable bonds is 4. The van der Waals surface area contributed by atoms with E-state index in [1.807, 2.05) is 0 Å². The molecule has 11 heavy (non-hydrogen) atoms. The Labute approximate surface area is 66.7 Å². The molecule has 68 valence electrons. The molecule has 0 saturated heterocycles. The molecule has 0 atom stereocenters. The molecule has 0 radical (unpaired) electrons. The number of aliphatic hydroxyl groups is 2. The van der Waals surface area contributed by atoms with E-state index < -0.39 is 21.4 Å². The summed E-state index contributed by atoms with van der Waals surface area (Å²) in [6.45, 7) is 1.25. The molecule has 0 amide bonds. The maximum absolute atomic E-state index is 8.65. The molecule has 0 aromatic rings. The lowest BCUT2D eigenvalue weighted by Gasteiger charge is -2.25. The Balaban J connectivity index is 3.79. The lowest BCUT2D eigenvalue weighted by Crippen LogP contribution is -2.35. The minimum absolute atomic E-state index is 0.0601. The van der Waals surface area contributed by atoms with Gasteiger partial charge in [0.25, 0.3) is 6.48 Å². The third kappa shape index (κ3) is 6.42. The van der Waals surface area contributed by atoms with Crippen LogP contribution >= 0.6 is 0 Å². The van der Waals surface area contributed by atoms with Crippen molar-refractivity contribution in [3.8, 4) is 0 Å². The van der Waals surface area contributed by atoms with E-state index in [9.17, 15) is 0 Å². The number of hydrogen-bond donors (Lipinski definition) is 4. The summed E-state index contributed by atoms with van der Waals surface area (Å²) in [7, 11) is -2.70. The quantitative estimate of drug-likeness (QED) is 0.306. The van der Waals surface area contributed by atoms with Gasteiger partial charge in [-0.2, -0.15) is 0 Å². The van der Waals surface area contributed by atoms with Gasteiger partial charge >= 0.3 is 9.28 Å². The first kappa shape index (κ1) is 11.0. The summed E-state index contributed by atoms with van der Waals surface area (Å²) in [5, 5.41) is 16.8. The molecule has 0 bridgehead atoms. The minimum atomic E-state index is -2.70. The van der Waals surface area contributed by atoms with E-state index in [1.165, 1.54) is 0 Å². The van der Waals surface area contributed by atoms with Crippen LogP contribution in [0.25, 0.3) is 0 Å². The largest absolute Gasteiger partial charge is 0.413 e. The van der Waals surface area contributed by atoms with Gasteiger partial charge in [0, 0.05) is 6.04 Å². The lowest BCUT2D eigenvalue weighted by molar-refractivity contribution is -0.275. The standard InChI is InChI=1S/C5H14O5Si/c1-5(2,3-11(8)9)10-4(6)7/h4,6-9,11H,3H2,1-2H3. The average molecular weight is 182 g/mol. The van der Waals surface area contributed by atoms with Gasteiger partial charge in [0.15, 0.2) is 0 Å². The van der Waals surface area contributed by atoms with E-state index in [2.05, 4.69) is 4.74 Å². The topological polar surface area (TPSA) is 90.2 Å². The summed E-state index contributed by atoms with van der Waals surface area (Å²) in [4.78, 5) is 17.3. The van der Waals surface area contributed by atoms with Crippen molar-refractivity contribution in [1.29, 1.82) is 0 Å². The van der Waals surface area contributed by atoms with Crippen molar-refractivity contribution >= 4 is 9.28 Å². The Morgan fingerprint density at radius 2 is 1.82 bits per heavy atom. The molecule has 6 heteroatoms. The molecular formula is C5H14O5Si. The summed E-state index contributed by atoms with van der Waals surface area (Å²) in [6.07, 6.45) is 0. The van der Waals surface area contributed by atoms with Crippen LogP contribution in [0.2, 0.25) is 6.04 Å². The van der Waals surface area contributed by atoms with Crippen LogP contribution in [-0.4, -0.2) is 41.2 Å². The van der Waals surface area contributed by atoms with Crippen LogP contribution in [-0.2, 0) is 4.74 Å². The number of ether oxygens (including phenoxy) is 1. The Morgan fingerprint density at radius 3 is 2.09 bits per heavy atom. The summed E-state index contributed by atoms with van der Waals surface area (Å²) in [5.41, 5.74) is -0.894. The van der Waals surface area contributed by atoms with Gasteiger partial charge in [-0.1, -0.05) is 0 Å². The van der Waals surface area contributed by atoms with Crippen molar-refractivity contribution in [1.82, 2.24) is 0 Å². The van der Waals surface area contributed by atoms with Crippen molar-refractivity contribution in [2.24, 2.45) is 0 Å². The zero-order valence-electron chi connectivity index (χ0n) is 6.56. The SMILES string of the molecule is CC(C)(C[SiH](O)O)OC(O)O. The molecule has 0 spiro atoms. The molecule has 0 fully saturated rings. The second kappa shape index (κ2) is 4.15. The third-order valence-corrected chi connectivity index (χ3v) is 2.45. The van der Waals surface area contributed by atoms with Crippen molar-refractivity contribution in [3.05, 3.63) is 0 Å². The second-order valence-corrected chi connectivity index (χ2v) is 4.26. The molecule has 0 aliphatic heterocycles. The Bertz CT molecular complexity index is 101. The molecular weight excluding hydrogens is 168 g/mol. The van der Waals surface area contributed by atoms with Crippen molar-refractivity contribution in [3.63, 3.8) is 0 Å². The van der Waals surface area contributed by atoms with Crippen LogP contribution in [0.4, 0.5) is 0 Å². The molecule has 0 unspecified atom stereocenters. The smallest absolute Gasteiger partial charge is 0.318 e. The molecule has 4 N–H and O–H groups in total. The fraction of sp³-hybridized carbons (Fsp3) is 1.00. The lowest BCUT2D eigenvalue weighted by atomic mass is 10.2. The van der Waals surface area contributed by atoms with Crippen molar-refractivity contribution < 1.29 is 24.5 Å². The van der Waals surface area contributed by atoms with E-state index in [1.54, 1.807) is 13.8 Å². The van der Waals surface area contributed by atoms with Crippen molar-refractivity contribution in [2.75, 3.05) is 0 Å². The van der Waals surface area contributed by atoms with Gasteiger partial charge in [0.05, 0.1) is 5.60 Å². The Morgan fingerprint density at radius 1 is 1.36 bits per heavy atom. The van der Waals surface area contributed by atoms with E-state index in [-0.39, 0.29) is 6.04 Å². The predicted molar refractivity (Wildman–Crippen MR) is 39.8 cm³/mol. The first-order valence-corrected chi connectivity index (χ1v) is 5.08. The molecule has 5 nitrogen and oxygen atoms in total. The molecule has 0 aliphatic carbocycles. The highest BCUT2D eigenvalue weighted by Crippen LogP contribution is 2.16. The third-order valence-electron chi connectivity index (χ3n) is 1.10. The van der Waals surface area contributed by atoms with Crippen molar-refractivity contribution in [2.45, 2.75) is 32.0 Å². The van der Waals surface area contributed by atoms with Crippen LogP contribution in [0, 0.1) is 0 Å². The van der Waals surface area contributed by atoms with Gasteiger partial charge in [-0.25, -0.2) is 0 Å². The zero-order chi connectivity index (χ0) is 9.07. The normalized spacial score (nSPS) is 13.1.